The molecule has 0 saturated carbocycles. The fourth-order valence-electron chi connectivity index (χ4n) is 3.62. The second kappa shape index (κ2) is 11.2. The molecule has 1 heterocycles. The van der Waals surface area contributed by atoms with Gasteiger partial charge in [0.2, 0.25) is 0 Å². The number of carboxylic acids is 1. The summed E-state index contributed by atoms with van der Waals surface area (Å²) in [6.07, 6.45) is -4.47. The van der Waals surface area contributed by atoms with Crippen molar-refractivity contribution in [3.63, 3.8) is 0 Å². The number of hydrogen-bond acceptors (Lipinski definition) is 5. The molecule has 4 rings (SSSR count). The van der Waals surface area contributed by atoms with Gasteiger partial charge in [-0.2, -0.15) is 13.2 Å². The number of nitrogens with zero attached hydrogens (tertiary/aromatic N) is 1. The maximum absolute atomic E-state index is 14.8. The Labute approximate surface area is 220 Å². The van der Waals surface area contributed by atoms with Gasteiger partial charge in [-0.25, -0.2) is 14.2 Å². The average Bonchev–Trinajstić information content (AvgIpc) is 3.24. The van der Waals surface area contributed by atoms with E-state index in [0.29, 0.717) is 21.3 Å². The molecular weight excluding hydrogens is 522 g/mol. The van der Waals surface area contributed by atoms with Crippen LogP contribution in [-0.2, 0) is 11.0 Å². The van der Waals surface area contributed by atoms with Gasteiger partial charge in [0.1, 0.15) is 11.9 Å². The zero-order valence-corrected chi connectivity index (χ0v) is 20.4. The van der Waals surface area contributed by atoms with Crippen LogP contribution in [0.15, 0.2) is 60.7 Å². The van der Waals surface area contributed by atoms with Gasteiger partial charge in [-0.1, -0.05) is 50.8 Å². The molecule has 1 aromatic heterocycles. The number of carboxylic acid groups (broad SMARTS) is 1. The number of aliphatic carboxylic acids is 1. The summed E-state index contributed by atoms with van der Waals surface area (Å²) >= 11 is 0.980. The molecule has 0 unspecified atom stereocenters. The number of nitrogens with one attached hydrogen (secondary N) is 2. The van der Waals surface area contributed by atoms with Gasteiger partial charge in [-0.3, -0.25) is 4.79 Å². The smallest absolute Gasteiger partial charge is 0.416 e. The van der Waals surface area contributed by atoms with Gasteiger partial charge in [0.05, 0.1) is 21.5 Å². The zero-order valence-electron chi connectivity index (χ0n) is 19.6. The number of carbonyl (C=O) groups excluding carboxylic acids is 1. The van der Waals surface area contributed by atoms with E-state index in [4.69, 9.17) is 0 Å². The number of anilines is 2. The van der Waals surface area contributed by atoms with Gasteiger partial charge < -0.3 is 15.7 Å². The zero-order chi connectivity index (χ0) is 26.9. The Balaban J connectivity index is 0.00000400. The molecule has 4 aromatic rings. The molecule has 200 valence electrons. The quantitative estimate of drug-likeness (QED) is 0.211. The fourth-order valence-corrected chi connectivity index (χ4v) is 4.54. The standard InChI is InChI=1S/C26H21F4N3O3S.CH4/c1-13(2)22(24(35)36)33-23(34)15-5-3-14(4-6-15)16-7-9-19(18(27)11-16)31-25-32-20-10-8-17(26(28,29)30)12-21(20)37-25;/h3-13,22H,1-2H3,(H,31,32)(H,33,34)(H,35,36);1H4/t22-;/m0./s1. The van der Waals surface area contributed by atoms with Crippen LogP contribution in [0.3, 0.4) is 0 Å². The van der Waals surface area contributed by atoms with Crippen molar-refractivity contribution >= 4 is 44.2 Å². The third-order valence-corrected chi connectivity index (χ3v) is 6.56. The average molecular weight is 548 g/mol. The maximum atomic E-state index is 14.8. The summed E-state index contributed by atoms with van der Waals surface area (Å²) < 4.78 is 54.0. The molecular formula is C27H25F4N3O3S. The number of halogens is 4. The molecule has 6 nitrogen and oxygen atoms in total. The second-order valence-corrected chi connectivity index (χ2v) is 9.66. The summed E-state index contributed by atoms with van der Waals surface area (Å²) in [7, 11) is 0. The summed E-state index contributed by atoms with van der Waals surface area (Å²) in [6, 6.07) is 12.9. The Morgan fingerprint density at radius 1 is 0.974 bits per heavy atom. The normalized spacial score (nSPS) is 12.2. The summed E-state index contributed by atoms with van der Waals surface area (Å²) in [5.41, 5.74) is 1.10. The molecule has 0 fully saturated rings. The lowest BCUT2D eigenvalue weighted by molar-refractivity contribution is -0.140. The monoisotopic (exact) mass is 547 g/mol. The van der Waals surface area contributed by atoms with Gasteiger partial charge >= 0.3 is 12.1 Å². The van der Waals surface area contributed by atoms with Crippen LogP contribution in [0, 0.1) is 11.7 Å². The lowest BCUT2D eigenvalue weighted by Crippen LogP contribution is -2.44. The lowest BCUT2D eigenvalue weighted by atomic mass is 10.0. The molecule has 11 heteroatoms. The third kappa shape index (κ3) is 6.28. The maximum Gasteiger partial charge on any atom is 0.416 e. The van der Waals surface area contributed by atoms with Crippen molar-refractivity contribution in [2.24, 2.45) is 5.92 Å². The highest BCUT2D eigenvalue weighted by Gasteiger charge is 2.30. The van der Waals surface area contributed by atoms with Gasteiger partial charge in [0.25, 0.3) is 5.91 Å². The van der Waals surface area contributed by atoms with Crippen LogP contribution in [0.1, 0.15) is 37.2 Å². The van der Waals surface area contributed by atoms with Gasteiger partial charge in [-0.05, 0) is 59.5 Å². The number of rotatable bonds is 7. The molecule has 3 N–H and O–H groups in total. The van der Waals surface area contributed by atoms with E-state index in [1.165, 1.54) is 30.3 Å². The molecule has 1 amide bonds. The summed E-state index contributed by atoms with van der Waals surface area (Å²) in [5, 5.41) is 14.8. The predicted molar refractivity (Wildman–Crippen MR) is 140 cm³/mol. The van der Waals surface area contributed by atoms with E-state index in [1.807, 2.05) is 0 Å². The SMILES string of the molecule is C.CC(C)[C@H](NC(=O)c1ccc(-c2ccc(Nc3nc4ccc(C(F)(F)F)cc4s3)c(F)c2)cc1)C(=O)O. The molecule has 0 aliphatic carbocycles. The van der Waals surface area contributed by atoms with Crippen LogP contribution in [0.5, 0.6) is 0 Å². The van der Waals surface area contributed by atoms with Crippen molar-refractivity contribution in [2.45, 2.75) is 33.5 Å². The van der Waals surface area contributed by atoms with Crippen molar-refractivity contribution in [1.82, 2.24) is 10.3 Å². The Morgan fingerprint density at radius 2 is 1.63 bits per heavy atom. The highest BCUT2D eigenvalue weighted by molar-refractivity contribution is 7.22. The first kappa shape index (κ1) is 28.6. The molecule has 3 aromatic carbocycles. The van der Waals surface area contributed by atoms with E-state index < -0.39 is 35.5 Å². The van der Waals surface area contributed by atoms with Crippen LogP contribution >= 0.6 is 11.3 Å². The van der Waals surface area contributed by atoms with Crippen LogP contribution in [-0.4, -0.2) is 28.0 Å². The van der Waals surface area contributed by atoms with E-state index in [1.54, 1.807) is 32.0 Å². The van der Waals surface area contributed by atoms with Crippen LogP contribution < -0.4 is 10.6 Å². The van der Waals surface area contributed by atoms with Crippen molar-refractivity contribution in [3.05, 3.63) is 77.6 Å². The molecule has 0 radical (unpaired) electrons. The molecule has 0 aliphatic heterocycles. The van der Waals surface area contributed by atoms with Crippen LogP contribution in [0.25, 0.3) is 21.3 Å². The van der Waals surface area contributed by atoms with Gasteiger partial charge in [0.15, 0.2) is 5.13 Å². The highest BCUT2D eigenvalue weighted by Crippen LogP contribution is 2.35. The fraction of sp³-hybridized carbons (Fsp3) is 0.222. The van der Waals surface area contributed by atoms with E-state index in [-0.39, 0.29) is 29.7 Å². The first-order valence-electron chi connectivity index (χ1n) is 11.1. The number of benzene rings is 3. The number of amides is 1. The van der Waals surface area contributed by atoms with E-state index in [0.717, 1.165) is 23.5 Å². The number of alkyl halides is 3. The molecule has 0 spiro atoms. The minimum Gasteiger partial charge on any atom is -0.480 e. The summed E-state index contributed by atoms with van der Waals surface area (Å²) in [6.45, 7) is 3.38. The van der Waals surface area contributed by atoms with Crippen molar-refractivity contribution in [3.8, 4) is 11.1 Å². The predicted octanol–water partition coefficient (Wildman–Crippen LogP) is 7.34. The lowest BCUT2D eigenvalue weighted by Gasteiger charge is -2.18. The number of carbonyl (C=O) groups is 2. The molecule has 0 saturated heterocycles. The summed E-state index contributed by atoms with van der Waals surface area (Å²) in [4.78, 5) is 27.9. The van der Waals surface area contributed by atoms with Crippen molar-refractivity contribution < 1.29 is 32.3 Å². The Morgan fingerprint density at radius 3 is 2.21 bits per heavy atom. The molecule has 0 aliphatic rings. The van der Waals surface area contributed by atoms with Crippen LogP contribution in [0.2, 0.25) is 0 Å². The number of thiazole rings is 1. The van der Waals surface area contributed by atoms with Crippen molar-refractivity contribution in [2.75, 3.05) is 5.32 Å². The number of hydrogen-bond donors (Lipinski definition) is 3. The Hall–Kier alpha value is -3.99. The second-order valence-electron chi connectivity index (χ2n) is 8.63. The van der Waals surface area contributed by atoms with Crippen LogP contribution in [0.4, 0.5) is 28.4 Å². The topological polar surface area (TPSA) is 91.3 Å². The Kier molecular flexibility index (Phi) is 8.41. The molecule has 38 heavy (non-hydrogen) atoms. The van der Waals surface area contributed by atoms with Crippen molar-refractivity contribution in [1.29, 1.82) is 0 Å². The largest absolute Gasteiger partial charge is 0.480 e. The van der Waals surface area contributed by atoms with E-state index in [2.05, 4.69) is 15.6 Å². The molecule has 1 atom stereocenters. The number of fused-ring (bicyclic) bond motifs is 1. The molecule has 0 bridgehead atoms. The van der Waals surface area contributed by atoms with E-state index in [9.17, 15) is 32.3 Å². The minimum atomic E-state index is -4.47. The highest BCUT2D eigenvalue weighted by atomic mass is 32.1. The first-order valence-corrected chi connectivity index (χ1v) is 11.9. The summed E-state index contributed by atoms with van der Waals surface area (Å²) in [5.74, 6) is -2.55. The first-order chi connectivity index (χ1) is 17.4. The number of aromatic nitrogens is 1. The van der Waals surface area contributed by atoms with Gasteiger partial charge in [0, 0.05) is 5.56 Å². The third-order valence-electron chi connectivity index (χ3n) is 5.63. The van der Waals surface area contributed by atoms with E-state index >= 15 is 0 Å². The van der Waals surface area contributed by atoms with Gasteiger partial charge in [-0.15, -0.1) is 0 Å². The Bertz CT molecular complexity index is 1470. The minimum absolute atomic E-state index is 0.